The van der Waals surface area contributed by atoms with Crippen LogP contribution in [0.1, 0.15) is 64.5 Å². The van der Waals surface area contributed by atoms with Gasteiger partial charge in [-0.25, -0.2) is 0 Å². The molecule has 21 heavy (non-hydrogen) atoms. The summed E-state index contributed by atoms with van der Waals surface area (Å²) in [4.78, 5) is 7.04. The highest BCUT2D eigenvalue weighted by Gasteiger charge is 2.41. The maximum Gasteiger partial charge on any atom is 0.0402 e. The summed E-state index contributed by atoms with van der Waals surface area (Å²) >= 11 is 0. The van der Waals surface area contributed by atoms with Crippen molar-refractivity contribution in [3.05, 3.63) is 24.0 Å². The van der Waals surface area contributed by atoms with Gasteiger partial charge in [0.2, 0.25) is 0 Å². The van der Waals surface area contributed by atoms with Crippen molar-refractivity contribution in [3.63, 3.8) is 0 Å². The summed E-state index contributed by atoms with van der Waals surface area (Å²) in [6.07, 6.45) is 12.0. The minimum absolute atomic E-state index is 0.679. The maximum absolute atomic E-state index is 4.36. The molecule has 116 valence electrons. The topological polar surface area (TPSA) is 16.1 Å². The molecule has 0 radical (unpaired) electrons. The van der Waals surface area contributed by atoms with Gasteiger partial charge in [0.05, 0.1) is 0 Å². The first-order valence-electron chi connectivity index (χ1n) is 8.77. The molecule has 1 aliphatic carbocycles. The summed E-state index contributed by atoms with van der Waals surface area (Å²) in [5, 5.41) is 0. The molecule has 0 bridgehead atoms. The third kappa shape index (κ3) is 3.25. The van der Waals surface area contributed by atoms with Gasteiger partial charge in [0.15, 0.2) is 0 Å². The second-order valence-corrected chi connectivity index (χ2v) is 7.79. The summed E-state index contributed by atoms with van der Waals surface area (Å²) in [6.45, 7) is 8.07. The Kier molecular flexibility index (Phi) is 4.24. The third-order valence-corrected chi connectivity index (χ3v) is 5.61. The molecule has 1 aromatic heterocycles. The highest BCUT2D eigenvalue weighted by atomic mass is 15.2. The highest BCUT2D eigenvalue weighted by Crippen LogP contribution is 2.49. The van der Waals surface area contributed by atoms with E-state index in [-0.39, 0.29) is 0 Å². The van der Waals surface area contributed by atoms with Gasteiger partial charge >= 0.3 is 0 Å². The van der Waals surface area contributed by atoms with E-state index in [1.165, 1.54) is 57.2 Å². The molecule has 1 aliphatic heterocycles. The van der Waals surface area contributed by atoms with Crippen LogP contribution in [0.15, 0.2) is 18.3 Å². The molecule has 1 saturated heterocycles. The number of piperidine rings is 1. The van der Waals surface area contributed by atoms with Crippen LogP contribution in [-0.4, -0.2) is 17.6 Å². The molecule has 1 spiro atoms. The molecule has 1 atom stereocenters. The van der Waals surface area contributed by atoms with Crippen molar-refractivity contribution in [2.24, 2.45) is 11.3 Å². The van der Waals surface area contributed by atoms with Crippen LogP contribution < -0.4 is 4.90 Å². The van der Waals surface area contributed by atoms with Gasteiger partial charge in [-0.3, -0.25) is 4.98 Å². The summed E-state index contributed by atoms with van der Waals surface area (Å²) in [5.41, 5.74) is 3.20. The fourth-order valence-corrected chi connectivity index (χ4v) is 4.64. The lowest BCUT2D eigenvalue weighted by atomic mass is 9.72. The Morgan fingerprint density at radius 2 is 2.05 bits per heavy atom. The molecule has 2 aliphatic rings. The Morgan fingerprint density at radius 1 is 1.29 bits per heavy atom. The van der Waals surface area contributed by atoms with Crippen LogP contribution in [0, 0.1) is 18.3 Å². The van der Waals surface area contributed by atoms with Gasteiger partial charge in [-0.05, 0) is 62.5 Å². The van der Waals surface area contributed by atoms with Crippen LogP contribution >= 0.6 is 0 Å². The number of nitrogens with zero attached hydrogens (tertiary/aromatic N) is 2. The van der Waals surface area contributed by atoms with Crippen molar-refractivity contribution >= 4 is 5.69 Å². The van der Waals surface area contributed by atoms with Gasteiger partial charge in [0.1, 0.15) is 0 Å². The minimum atomic E-state index is 0.679. The average Bonchev–Trinajstić information content (AvgIpc) is 2.86. The average molecular weight is 286 g/mol. The molecule has 0 N–H and O–H groups in total. The summed E-state index contributed by atoms with van der Waals surface area (Å²) in [6, 6.07) is 5.19. The molecule has 2 fully saturated rings. The minimum Gasteiger partial charge on any atom is -0.368 e. The third-order valence-electron chi connectivity index (χ3n) is 5.61. The highest BCUT2D eigenvalue weighted by molar-refractivity contribution is 5.48. The molecule has 1 saturated carbocycles. The van der Waals surface area contributed by atoms with Crippen LogP contribution in [0.4, 0.5) is 5.69 Å². The normalized spacial score (nSPS) is 25.0. The predicted molar refractivity (Wildman–Crippen MR) is 89.7 cm³/mol. The van der Waals surface area contributed by atoms with E-state index in [1.807, 2.05) is 6.20 Å². The first-order valence-corrected chi connectivity index (χ1v) is 8.77. The molecule has 3 rings (SSSR count). The lowest BCUT2D eigenvalue weighted by molar-refractivity contribution is 0.180. The van der Waals surface area contributed by atoms with Crippen LogP contribution in [0.3, 0.4) is 0 Å². The van der Waals surface area contributed by atoms with E-state index in [1.54, 1.807) is 0 Å². The molecule has 1 unspecified atom stereocenters. The zero-order valence-corrected chi connectivity index (χ0v) is 13.9. The number of hydrogen-bond acceptors (Lipinski definition) is 2. The number of aryl methyl sites for hydroxylation is 1. The van der Waals surface area contributed by atoms with Gasteiger partial charge in [-0.2, -0.15) is 0 Å². The zero-order chi connectivity index (χ0) is 14.9. The second kappa shape index (κ2) is 5.98. The molecule has 2 heteroatoms. The zero-order valence-electron chi connectivity index (χ0n) is 13.9. The Bertz CT molecular complexity index is 474. The van der Waals surface area contributed by atoms with Crippen molar-refractivity contribution in [1.82, 2.24) is 4.98 Å². The van der Waals surface area contributed by atoms with Crippen LogP contribution in [0.25, 0.3) is 0 Å². The fourth-order valence-electron chi connectivity index (χ4n) is 4.64. The number of hydrogen-bond donors (Lipinski definition) is 0. The number of anilines is 1. The van der Waals surface area contributed by atoms with Crippen molar-refractivity contribution in [2.45, 2.75) is 71.8 Å². The Hall–Kier alpha value is -1.05. The van der Waals surface area contributed by atoms with Gasteiger partial charge in [-0.1, -0.05) is 26.7 Å². The van der Waals surface area contributed by atoms with E-state index in [9.17, 15) is 0 Å². The largest absolute Gasteiger partial charge is 0.368 e. The predicted octanol–water partition coefficient (Wildman–Crippen LogP) is 4.97. The smallest absolute Gasteiger partial charge is 0.0402 e. The molecular weight excluding hydrogens is 256 g/mol. The molecule has 2 nitrogen and oxygen atoms in total. The van der Waals surface area contributed by atoms with Crippen molar-refractivity contribution in [2.75, 3.05) is 11.4 Å². The standard InChI is InChI=1S/C19H30N2/c1-15(2)12-18-14-19(7-4-5-8-19)9-11-21(18)17-6-10-20-16(3)13-17/h6,10,13,15,18H,4-5,7-9,11-12,14H2,1-3H3. The summed E-state index contributed by atoms with van der Waals surface area (Å²) in [5.74, 6) is 0.775. The number of aromatic nitrogens is 1. The van der Waals surface area contributed by atoms with Crippen molar-refractivity contribution < 1.29 is 0 Å². The lowest BCUT2D eigenvalue weighted by Gasteiger charge is -2.47. The summed E-state index contributed by atoms with van der Waals surface area (Å²) in [7, 11) is 0. The first kappa shape index (κ1) is 14.9. The SMILES string of the molecule is Cc1cc(N2CCC3(CCCC3)CC2CC(C)C)ccn1. The molecule has 2 heterocycles. The van der Waals surface area contributed by atoms with E-state index in [0.717, 1.165) is 17.7 Å². The molecule has 0 amide bonds. The van der Waals surface area contributed by atoms with E-state index >= 15 is 0 Å². The monoisotopic (exact) mass is 286 g/mol. The second-order valence-electron chi connectivity index (χ2n) is 7.79. The first-order chi connectivity index (χ1) is 10.1. The van der Waals surface area contributed by atoms with Gasteiger partial charge in [0.25, 0.3) is 0 Å². The van der Waals surface area contributed by atoms with Gasteiger partial charge in [-0.15, -0.1) is 0 Å². The summed E-state index contributed by atoms with van der Waals surface area (Å²) < 4.78 is 0. The fraction of sp³-hybridized carbons (Fsp3) is 0.737. The van der Waals surface area contributed by atoms with E-state index in [2.05, 4.69) is 42.8 Å². The van der Waals surface area contributed by atoms with E-state index in [4.69, 9.17) is 0 Å². The number of pyridine rings is 1. The molecule has 1 aromatic rings. The van der Waals surface area contributed by atoms with Gasteiger partial charge in [0, 0.05) is 30.2 Å². The van der Waals surface area contributed by atoms with Crippen molar-refractivity contribution in [1.29, 1.82) is 0 Å². The van der Waals surface area contributed by atoms with E-state index < -0.39 is 0 Å². The maximum atomic E-state index is 4.36. The quantitative estimate of drug-likeness (QED) is 0.780. The van der Waals surface area contributed by atoms with Gasteiger partial charge < -0.3 is 4.90 Å². The molecule has 0 aromatic carbocycles. The Morgan fingerprint density at radius 3 is 2.71 bits per heavy atom. The van der Waals surface area contributed by atoms with Crippen molar-refractivity contribution in [3.8, 4) is 0 Å². The van der Waals surface area contributed by atoms with Crippen LogP contribution in [0.2, 0.25) is 0 Å². The van der Waals surface area contributed by atoms with E-state index in [0.29, 0.717) is 5.41 Å². The molecular formula is C19H30N2. The Labute approximate surface area is 130 Å². The number of rotatable bonds is 3. The lowest BCUT2D eigenvalue weighted by Crippen LogP contribution is -2.47. The van der Waals surface area contributed by atoms with Crippen LogP contribution in [0.5, 0.6) is 0 Å². The van der Waals surface area contributed by atoms with Crippen LogP contribution in [-0.2, 0) is 0 Å². The Balaban J connectivity index is 1.82.